The van der Waals surface area contributed by atoms with Gasteiger partial charge in [-0.2, -0.15) is 0 Å². The Labute approximate surface area is 165 Å². The van der Waals surface area contributed by atoms with E-state index in [1.165, 1.54) is 24.3 Å². The molecule has 0 heterocycles. The van der Waals surface area contributed by atoms with E-state index < -0.39 is 21.9 Å². The minimum atomic E-state index is -3.66. The summed E-state index contributed by atoms with van der Waals surface area (Å²) in [4.78, 5) is 24.1. The number of unbranched alkanes of at least 4 members (excludes halogenated alkanes) is 1. The molecule has 0 fully saturated rings. The van der Waals surface area contributed by atoms with Gasteiger partial charge in [0, 0.05) is 17.8 Å². The number of rotatable bonds is 9. The molecular formula is C20H24N2O5S. The molecule has 150 valence electrons. The predicted octanol–water partition coefficient (Wildman–Crippen LogP) is 3.19. The van der Waals surface area contributed by atoms with Crippen molar-refractivity contribution in [1.29, 1.82) is 0 Å². The minimum absolute atomic E-state index is 0.0360. The molecule has 8 heteroatoms. The molecule has 28 heavy (non-hydrogen) atoms. The zero-order chi connectivity index (χ0) is 20.6. The van der Waals surface area contributed by atoms with Crippen molar-refractivity contribution in [1.82, 2.24) is 4.72 Å². The molecule has 0 bridgehead atoms. The molecule has 0 saturated heterocycles. The molecule has 2 aromatic carbocycles. The van der Waals surface area contributed by atoms with Crippen LogP contribution in [0.3, 0.4) is 0 Å². The van der Waals surface area contributed by atoms with Crippen molar-refractivity contribution in [2.45, 2.75) is 31.6 Å². The van der Waals surface area contributed by atoms with Crippen LogP contribution in [0.5, 0.6) is 0 Å². The fraction of sp³-hybridized carbons (Fsp3) is 0.300. The van der Waals surface area contributed by atoms with Gasteiger partial charge >= 0.3 is 5.97 Å². The third kappa shape index (κ3) is 5.90. The Kier molecular flexibility index (Phi) is 7.71. The molecular weight excluding hydrogens is 380 g/mol. The third-order valence-corrected chi connectivity index (χ3v) is 5.34. The summed E-state index contributed by atoms with van der Waals surface area (Å²) in [5, 5.41) is 2.68. The van der Waals surface area contributed by atoms with Crippen LogP contribution in [-0.4, -0.2) is 33.4 Å². The molecule has 0 saturated carbocycles. The Morgan fingerprint density at radius 1 is 1.00 bits per heavy atom. The van der Waals surface area contributed by atoms with Gasteiger partial charge in [0.2, 0.25) is 10.0 Å². The van der Waals surface area contributed by atoms with Crippen LogP contribution in [0.2, 0.25) is 0 Å². The number of hydrogen-bond donors (Lipinski definition) is 2. The molecule has 0 aliphatic carbocycles. The van der Waals surface area contributed by atoms with Gasteiger partial charge < -0.3 is 10.1 Å². The Hall–Kier alpha value is -2.71. The standard InChI is InChI=1S/C20H24N2O5S/c1-3-5-13-21-28(25,26)18-8-6-7-16(14-18)19(23)22-17-11-9-15(10-12-17)20(24)27-4-2/h6-12,14,21H,3-5,13H2,1-2H3,(H,22,23). The molecule has 7 nitrogen and oxygen atoms in total. The molecule has 0 atom stereocenters. The molecule has 1 amide bonds. The molecule has 0 aromatic heterocycles. The molecule has 0 aliphatic rings. The number of anilines is 1. The van der Waals surface area contributed by atoms with Crippen LogP contribution in [-0.2, 0) is 14.8 Å². The maximum atomic E-state index is 12.5. The highest BCUT2D eigenvalue weighted by Gasteiger charge is 2.16. The number of ether oxygens (including phenoxy) is 1. The van der Waals surface area contributed by atoms with Crippen LogP contribution in [0.4, 0.5) is 5.69 Å². The first-order valence-corrected chi connectivity index (χ1v) is 10.5. The molecule has 2 N–H and O–H groups in total. The molecule has 2 aromatic rings. The average Bonchev–Trinajstić information content (AvgIpc) is 2.69. The van der Waals surface area contributed by atoms with Crippen molar-refractivity contribution >= 4 is 27.6 Å². The second-order valence-corrected chi connectivity index (χ2v) is 7.80. The van der Waals surface area contributed by atoms with E-state index in [9.17, 15) is 18.0 Å². The number of benzene rings is 2. The lowest BCUT2D eigenvalue weighted by Crippen LogP contribution is -2.25. The number of nitrogens with one attached hydrogen (secondary N) is 2. The summed E-state index contributed by atoms with van der Waals surface area (Å²) in [5.74, 6) is -0.886. The number of sulfonamides is 1. The highest BCUT2D eigenvalue weighted by Crippen LogP contribution is 2.15. The van der Waals surface area contributed by atoms with Crippen LogP contribution in [0, 0.1) is 0 Å². The van der Waals surface area contributed by atoms with Crippen molar-refractivity contribution in [2.24, 2.45) is 0 Å². The first-order valence-electron chi connectivity index (χ1n) is 9.05. The second kappa shape index (κ2) is 10.0. The van der Waals surface area contributed by atoms with Crippen molar-refractivity contribution in [3.63, 3.8) is 0 Å². The summed E-state index contributed by atoms with van der Waals surface area (Å²) < 4.78 is 32.0. The fourth-order valence-corrected chi connectivity index (χ4v) is 3.50. The zero-order valence-corrected chi connectivity index (χ0v) is 16.7. The summed E-state index contributed by atoms with van der Waals surface area (Å²) in [6.45, 7) is 4.32. The van der Waals surface area contributed by atoms with Gasteiger partial charge in [0.1, 0.15) is 0 Å². The largest absolute Gasteiger partial charge is 0.462 e. The highest BCUT2D eigenvalue weighted by atomic mass is 32.2. The van der Waals surface area contributed by atoms with Gasteiger partial charge in [0.05, 0.1) is 17.1 Å². The van der Waals surface area contributed by atoms with Crippen molar-refractivity contribution < 1.29 is 22.7 Å². The zero-order valence-electron chi connectivity index (χ0n) is 15.9. The van der Waals surface area contributed by atoms with Crippen LogP contribution in [0.15, 0.2) is 53.4 Å². The lowest BCUT2D eigenvalue weighted by atomic mass is 10.2. The third-order valence-electron chi connectivity index (χ3n) is 3.88. The van der Waals surface area contributed by atoms with Gasteiger partial charge in [-0.05, 0) is 55.8 Å². The summed E-state index contributed by atoms with van der Waals surface area (Å²) in [6, 6.07) is 12.1. The molecule has 0 spiro atoms. The smallest absolute Gasteiger partial charge is 0.338 e. The Balaban J connectivity index is 2.09. The number of carbonyl (C=O) groups excluding carboxylic acids is 2. The van der Waals surface area contributed by atoms with E-state index in [-0.39, 0.29) is 17.1 Å². The van der Waals surface area contributed by atoms with Crippen LogP contribution in [0.1, 0.15) is 47.4 Å². The fourth-order valence-electron chi connectivity index (χ4n) is 2.38. The van der Waals surface area contributed by atoms with Gasteiger partial charge in [-0.15, -0.1) is 0 Å². The monoisotopic (exact) mass is 404 g/mol. The Morgan fingerprint density at radius 3 is 2.36 bits per heavy atom. The molecule has 0 unspecified atom stereocenters. The lowest BCUT2D eigenvalue weighted by Gasteiger charge is -2.09. The van der Waals surface area contributed by atoms with Gasteiger partial charge in [0.25, 0.3) is 5.91 Å². The Bertz CT molecular complexity index is 924. The predicted molar refractivity (Wildman–Crippen MR) is 107 cm³/mol. The lowest BCUT2D eigenvalue weighted by molar-refractivity contribution is 0.0526. The molecule has 0 aliphatic heterocycles. The highest BCUT2D eigenvalue weighted by molar-refractivity contribution is 7.89. The SMILES string of the molecule is CCCCNS(=O)(=O)c1cccc(C(=O)Nc2ccc(C(=O)OCC)cc2)c1. The minimum Gasteiger partial charge on any atom is -0.462 e. The Morgan fingerprint density at radius 2 is 1.71 bits per heavy atom. The second-order valence-electron chi connectivity index (χ2n) is 6.03. The van der Waals surface area contributed by atoms with Crippen LogP contribution in [0.25, 0.3) is 0 Å². The topological polar surface area (TPSA) is 102 Å². The van der Waals surface area contributed by atoms with E-state index in [1.54, 1.807) is 31.2 Å². The molecule has 0 radical (unpaired) electrons. The van der Waals surface area contributed by atoms with Crippen molar-refractivity contribution in [3.8, 4) is 0 Å². The number of carbonyl (C=O) groups is 2. The van der Waals surface area contributed by atoms with Gasteiger partial charge in [-0.3, -0.25) is 4.79 Å². The first-order chi connectivity index (χ1) is 13.4. The average molecular weight is 404 g/mol. The van der Waals surface area contributed by atoms with E-state index in [1.807, 2.05) is 6.92 Å². The number of amides is 1. The first kappa shape index (κ1) is 21.6. The van der Waals surface area contributed by atoms with Gasteiger partial charge in [0.15, 0.2) is 0 Å². The van der Waals surface area contributed by atoms with E-state index >= 15 is 0 Å². The van der Waals surface area contributed by atoms with E-state index in [2.05, 4.69) is 10.0 Å². The summed E-state index contributed by atoms with van der Waals surface area (Å²) >= 11 is 0. The quantitative estimate of drug-likeness (QED) is 0.494. The maximum Gasteiger partial charge on any atom is 0.338 e. The summed E-state index contributed by atoms with van der Waals surface area (Å²) in [5.41, 5.74) is 1.08. The van der Waals surface area contributed by atoms with Gasteiger partial charge in [-0.1, -0.05) is 19.4 Å². The maximum absolute atomic E-state index is 12.5. The molecule has 2 rings (SSSR count). The summed E-state index contributed by atoms with van der Waals surface area (Å²) in [7, 11) is -3.66. The number of esters is 1. The van der Waals surface area contributed by atoms with E-state index in [0.29, 0.717) is 17.8 Å². The number of hydrogen-bond acceptors (Lipinski definition) is 5. The van der Waals surface area contributed by atoms with Crippen LogP contribution >= 0.6 is 0 Å². The van der Waals surface area contributed by atoms with Gasteiger partial charge in [-0.25, -0.2) is 17.9 Å². The summed E-state index contributed by atoms with van der Waals surface area (Å²) in [6.07, 6.45) is 1.61. The van der Waals surface area contributed by atoms with Crippen LogP contribution < -0.4 is 10.0 Å². The van der Waals surface area contributed by atoms with Crippen molar-refractivity contribution in [2.75, 3.05) is 18.5 Å². The van der Waals surface area contributed by atoms with E-state index in [0.717, 1.165) is 12.8 Å². The normalized spacial score (nSPS) is 11.1. The van der Waals surface area contributed by atoms with Crippen molar-refractivity contribution in [3.05, 3.63) is 59.7 Å². The van der Waals surface area contributed by atoms with E-state index in [4.69, 9.17) is 4.74 Å².